The first-order chi connectivity index (χ1) is 13.3. The maximum absolute atomic E-state index is 8.83. The quantitative estimate of drug-likeness (QED) is 0.573. The molecule has 1 aromatic carbocycles. The van der Waals surface area contributed by atoms with Crippen LogP contribution in [-0.4, -0.2) is 41.7 Å². The SMILES string of the molecule is CCC(C)(C)O.CCCC(COCC)=Nc1c(NC)nc2ccccc2c1C. The molecule has 2 N–H and O–H groups in total. The maximum Gasteiger partial charge on any atom is 0.152 e. The van der Waals surface area contributed by atoms with Gasteiger partial charge in [0.05, 0.1) is 17.7 Å². The number of aliphatic imine (C=N–C) groups is 1. The minimum absolute atomic E-state index is 0.458. The lowest BCUT2D eigenvalue weighted by atomic mass is 10.1. The molecular formula is C23H37N3O2. The van der Waals surface area contributed by atoms with Crippen molar-refractivity contribution in [2.45, 2.75) is 66.4 Å². The van der Waals surface area contributed by atoms with E-state index in [2.05, 4.69) is 30.2 Å². The van der Waals surface area contributed by atoms with Gasteiger partial charge in [0, 0.05) is 24.8 Å². The molecule has 1 heterocycles. The van der Waals surface area contributed by atoms with Gasteiger partial charge in [0.1, 0.15) is 5.69 Å². The van der Waals surface area contributed by atoms with Crippen LogP contribution in [0.15, 0.2) is 29.3 Å². The summed E-state index contributed by atoms with van der Waals surface area (Å²) in [5.41, 5.74) is 3.68. The summed E-state index contributed by atoms with van der Waals surface area (Å²) in [4.78, 5) is 9.56. The minimum Gasteiger partial charge on any atom is -0.390 e. The lowest BCUT2D eigenvalue weighted by molar-refractivity contribution is 0.0765. The number of benzene rings is 1. The number of aromatic nitrogens is 1. The molecule has 5 nitrogen and oxygen atoms in total. The van der Waals surface area contributed by atoms with Crippen LogP contribution in [0, 0.1) is 6.92 Å². The van der Waals surface area contributed by atoms with Crippen molar-refractivity contribution >= 4 is 28.1 Å². The third kappa shape index (κ3) is 7.56. The van der Waals surface area contributed by atoms with E-state index in [0.717, 1.165) is 52.9 Å². The predicted molar refractivity (Wildman–Crippen MR) is 121 cm³/mol. The van der Waals surface area contributed by atoms with E-state index in [1.807, 2.05) is 39.1 Å². The van der Waals surface area contributed by atoms with E-state index in [9.17, 15) is 0 Å². The molecule has 0 aliphatic heterocycles. The van der Waals surface area contributed by atoms with Gasteiger partial charge in [0.15, 0.2) is 5.82 Å². The lowest BCUT2D eigenvalue weighted by Gasteiger charge is -2.13. The van der Waals surface area contributed by atoms with Crippen LogP contribution < -0.4 is 5.32 Å². The van der Waals surface area contributed by atoms with Gasteiger partial charge in [-0.2, -0.15) is 0 Å². The molecule has 2 aromatic rings. The van der Waals surface area contributed by atoms with Crippen molar-refractivity contribution in [1.82, 2.24) is 4.98 Å². The Morgan fingerprint density at radius 2 is 1.86 bits per heavy atom. The van der Waals surface area contributed by atoms with Crippen molar-refractivity contribution in [3.05, 3.63) is 29.8 Å². The molecule has 0 atom stereocenters. The Hall–Kier alpha value is -1.98. The highest BCUT2D eigenvalue weighted by molar-refractivity contribution is 5.95. The average molecular weight is 388 g/mol. The van der Waals surface area contributed by atoms with Crippen LogP contribution in [0.1, 0.15) is 59.4 Å². The molecule has 0 saturated carbocycles. The fourth-order valence-corrected chi connectivity index (χ4v) is 2.50. The number of aliphatic hydroxyl groups is 1. The number of rotatable bonds is 8. The molecule has 0 fully saturated rings. The number of anilines is 1. The summed E-state index contributed by atoms with van der Waals surface area (Å²) >= 11 is 0. The van der Waals surface area contributed by atoms with Gasteiger partial charge in [0.25, 0.3) is 0 Å². The first-order valence-electron chi connectivity index (χ1n) is 10.2. The van der Waals surface area contributed by atoms with E-state index >= 15 is 0 Å². The average Bonchev–Trinajstić information content (AvgIpc) is 2.68. The second kappa shape index (κ2) is 11.8. The Labute approximate surface area is 170 Å². The third-order valence-electron chi connectivity index (χ3n) is 4.50. The zero-order chi connectivity index (χ0) is 21.2. The van der Waals surface area contributed by atoms with E-state index in [1.165, 1.54) is 0 Å². The predicted octanol–water partition coefficient (Wildman–Crippen LogP) is 5.66. The van der Waals surface area contributed by atoms with E-state index in [-0.39, 0.29) is 0 Å². The molecule has 0 aliphatic carbocycles. The summed E-state index contributed by atoms with van der Waals surface area (Å²) in [5.74, 6) is 0.821. The highest BCUT2D eigenvalue weighted by Crippen LogP contribution is 2.33. The standard InChI is InChI=1S/C18H25N3O.C5H12O/c1-5-9-14(12-22-6-2)20-17-13(3)15-10-7-8-11-16(15)21-18(17)19-4;1-4-5(2,3)6/h7-8,10-11H,5-6,9,12H2,1-4H3,(H,19,21);6H,4H2,1-3H3. The topological polar surface area (TPSA) is 66.7 Å². The third-order valence-corrected chi connectivity index (χ3v) is 4.50. The number of nitrogens with zero attached hydrogens (tertiary/aromatic N) is 2. The van der Waals surface area contributed by atoms with Gasteiger partial charge in [-0.15, -0.1) is 0 Å². The second-order valence-corrected chi connectivity index (χ2v) is 7.43. The zero-order valence-electron chi connectivity index (χ0n) is 18.6. The Bertz CT molecular complexity index is 764. The number of aryl methyl sites for hydroxylation is 1. The van der Waals surface area contributed by atoms with Gasteiger partial charge < -0.3 is 15.2 Å². The fourth-order valence-electron chi connectivity index (χ4n) is 2.50. The Kier molecular flexibility index (Phi) is 10.1. The van der Waals surface area contributed by atoms with Crippen molar-refractivity contribution < 1.29 is 9.84 Å². The molecule has 0 unspecified atom stereocenters. The molecule has 0 aliphatic rings. The van der Waals surface area contributed by atoms with Crippen molar-refractivity contribution in [1.29, 1.82) is 0 Å². The number of pyridine rings is 1. The molecular weight excluding hydrogens is 350 g/mol. The maximum atomic E-state index is 8.83. The van der Waals surface area contributed by atoms with Crippen LogP contribution in [-0.2, 0) is 4.74 Å². The highest BCUT2D eigenvalue weighted by atomic mass is 16.5. The Balaban J connectivity index is 0.000000568. The fraction of sp³-hybridized carbons (Fsp3) is 0.565. The first-order valence-corrected chi connectivity index (χ1v) is 10.2. The van der Waals surface area contributed by atoms with E-state index in [0.29, 0.717) is 13.2 Å². The normalized spacial score (nSPS) is 11.9. The first kappa shape index (κ1) is 24.1. The number of para-hydroxylation sites is 1. The molecule has 0 bridgehead atoms. The number of nitrogens with one attached hydrogen (secondary N) is 1. The van der Waals surface area contributed by atoms with Crippen LogP contribution in [0.2, 0.25) is 0 Å². The monoisotopic (exact) mass is 387 g/mol. The largest absolute Gasteiger partial charge is 0.390 e. The minimum atomic E-state index is -0.458. The molecule has 28 heavy (non-hydrogen) atoms. The van der Waals surface area contributed by atoms with Gasteiger partial charge in [-0.05, 0) is 52.2 Å². The molecule has 2 rings (SSSR count). The van der Waals surface area contributed by atoms with Crippen LogP contribution in [0.3, 0.4) is 0 Å². The number of ether oxygens (including phenoxy) is 1. The summed E-state index contributed by atoms with van der Waals surface area (Å²) in [6.07, 6.45) is 2.82. The molecule has 0 radical (unpaired) electrons. The molecule has 1 aromatic heterocycles. The lowest BCUT2D eigenvalue weighted by Crippen LogP contribution is -2.15. The van der Waals surface area contributed by atoms with Crippen LogP contribution >= 0.6 is 0 Å². The van der Waals surface area contributed by atoms with Gasteiger partial charge in [-0.1, -0.05) is 38.5 Å². The zero-order valence-corrected chi connectivity index (χ0v) is 18.6. The van der Waals surface area contributed by atoms with Gasteiger partial charge in [-0.25, -0.2) is 4.98 Å². The number of hydrogen-bond acceptors (Lipinski definition) is 5. The smallest absolute Gasteiger partial charge is 0.152 e. The Morgan fingerprint density at radius 1 is 1.21 bits per heavy atom. The molecule has 156 valence electrons. The van der Waals surface area contributed by atoms with Gasteiger partial charge in [0.2, 0.25) is 0 Å². The molecule has 0 spiro atoms. The van der Waals surface area contributed by atoms with Crippen molar-refractivity contribution in [2.75, 3.05) is 25.6 Å². The van der Waals surface area contributed by atoms with Crippen molar-refractivity contribution in [3.8, 4) is 0 Å². The summed E-state index contributed by atoms with van der Waals surface area (Å²) in [6.45, 7) is 13.1. The summed E-state index contributed by atoms with van der Waals surface area (Å²) in [6, 6.07) is 8.17. The highest BCUT2D eigenvalue weighted by Gasteiger charge is 2.11. The number of hydrogen-bond donors (Lipinski definition) is 2. The van der Waals surface area contributed by atoms with E-state index in [4.69, 9.17) is 14.8 Å². The van der Waals surface area contributed by atoms with Crippen molar-refractivity contribution in [3.63, 3.8) is 0 Å². The summed E-state index contributed by atoms with van der Waals surface area (Å²) in [5, 5.41) is 13.1. The van der Waals surface area contributed by atoms with Crippen LogP contribution in [0.25, 0.3) is 10.9 Å². The molecule has 5 heteroatoms. The Morgan fingerprint density at radius 3 is 2.39 bits per heavy atom. The van der Waals surface area contributed by atoms with E-state index in [1.54, 1.807) is 13.8 Å². The van der Waals surface area contributed by atoms with Crippen LogP contribution in [0.5, 0.6) is 0 Å². The second-order valence-electron chi connectivity index (χ2n) is 7.43. The summed E-state index contributed by atoms with van der Waals surface area (Å²) < 4.78 is 5.55. The van der Waals surface area contributed by atoms with Gasteiger partial charge in [-0.3, -0.25) is 4.99 Å². The summed E-state index contributed by atoms with van der Waals surface area (Å²) in [7, 11) is 1.89. The van der Waals surface area contributed by atoms with Crippen molar-refractivity contribution in [2.24, 2.45) is 4.99 Å². The van der Waals surface area contributed by atoms with E-state index < -0.39 is 5.60 Å². The van der Waals surface area contributed by atoms with Crippen LogP contribution in [0.4, 0.5) is 11.5 Å². The molecule has 0 saturated heterocycles. The number of fused-ring (bicyclic) bond motifs is 1. The van der Waals surface area contributed by atoms with Gasteiger partial charge >= 0.3 is 0 Å². The molecule has 0 amide bonds.